The molecule has 1 aromatic heterocycles. The van der Waals surface area contributed by atoms with Crippen molar-refractivity contribution >= 4 is 22.9 Å². The molecule has 0 atom stereocenters. The molecule has 0 bridgehead atoms. The van der Waals surface area contributed by atoms with Gasteiger partial charge < -0.3 is 5.73 Å². The van der Waals surface area contributed by atoms with Crippen LogP contribution in [0.1, 0.15) is 17.0 Å². The Morgan fingerprint density at radius 1 is 1.35 bits per heavy atom. The summed E-state index contributed by atoms with van der Waals surface area (Å²) in [5.74, 6) is 0. The highest BCUT2D eigenvalue weighted by Gasteiger charge is 2.07. The first-order valence-electron chi connectivity index (χ1n) is 5.49. The minimum absolute atomic E-state index is 0.686. The summed E-state index contributed by atoms with van der Waals surface area (Å²) in [5, 5.41) is 11.0. The van der Waals surface area contributed by atoms with E-state index in [1.54, 1.807) is 11.3 Å². The van der Waals surface area contributed by atoms with Crippen molar-refractivity contribution in [2.24, 2.45) is 5.73 Å². The molecule has 2 N–H and O–H groups in total. The molecular weight excluding hydrogens is 254 g/mol. The van der Waals surface area contributed by atoms with Crippen LogP contribution in [-0.4, -0.2) is 16.7 Å². The van der Waals surface area contributed by atoms with Gasteiger partial charge in [0.1, 0.15) is 10.0 Å². The van der Waals surface area contributed by atoms with Gasteiger partial charge in [-0.05, 0) is 31.5 Å². The fraction of sp³-hybridized carbons (Fsp3) is 0.333. The molecule has 3 nitrogen and oxygen atoms in total. The lowest BCUT2D eigenvalue weighted by Gasteiger charge is -1.99. The number of nitrogens with two attached hydrogens (primary N) is 1. The number of aromatic nitrogens is 2. The van der Waals surface area contributed by atoms with Crippen LogP contribution in [0.3, 0.4) is 0 Å². The van der Waals surface area contributed by atoms with Gasteiger partial charge in [-0.2, -0.15) is 0 Å². The molecule has 0 saturated carbocycles. The van der Waals surface area contributed by atoms with Gasteiger partial charge in [-0.3, -0.25) is 0 Å². The Morgan fingerprint density at radius 3 is 2.88 bits per heavy atom. The monoisotopic (exact) mass is 267 g/mol. The first-order chi connectivity index (χ1) is 8.20. The summed E-state index contributed by atoms with van der Waals surface area (Å²) >= 11 is 7.70. The van der Waals surface area contributed by atoms with Crippen LogP contribution in [0.5, 0.6) is 0 Å². The minimum atomic E-state index is 0.686. The van der Waals surface area contributed by atoms with E-state index in [9.17, 15) is 0 Å². The number of nitrogens with zero attached hydrogens (tertiary/aromatic N) is 2. The van der Waals surface area contributed by atoms with E-state index in [0.717, 1.165) is 39.0 Å². The zero-order chi connectivity index (χ0) is 12.3. The van der Waals surface area contributed by atoms with Crippen LogP contribution >= 0.6 is 22.9 Å². The minimum Gasteiger partial charge on any atom is -0.330 e. The molecule has 2 aromatic rings. The topological polar surface area (TPSA) is 51.8 Å². The summed E-state index contributed by atoms with van der Waals surface area (Å²) < 4.78 is 0. The highest BCUT2D eigenvalue weighted by atomic mass is 35.5. The molecule has 2 rings (SSSR count). The van der Waals surface area contributed by atoms with Gasteiger partial charge in [0, 0.05) is 17.0 Å². The van der Waals surface area contributed by atoms with E-state index in [-0.39, 0.29) is 0 Å². The summed E-state index contributed by atoms with van der Waals surface area (Å²) in [4.78, 5) is 0. The second kappa shape index (κ2) is 5.58. The Balaban J connectivity index is 2.21. The number of rotatable bonds is 4. The molecule has 0 saturated heterocycles. The molecule has 0 radical (unpaired) electrons. The van der Waals surface area contributed by atoms with Gasteiger partial charge in [-0.15, -0.1) is 10.2 Å². The predicted molar refractivity (Wildman–Crippen MR) is 72.5 cm³/mol. The molecule has 0 aliphatic rings. The van der Waals surface area contributed by atoms with E-state index in [1.165, 1.54) is 0 Å². The molecular formula is C12H14ClN3S. The summed E-state index contributed by atoms with van der Waals surface area (Å²) in [6.45, 7) is 2.67. The molecule has 0 spiro atoms. The van der Waals surface area contributed by atoms with Crippen molar-refractivity contribution in [2.75, 3.05) is 6.54 Å². The summed E-state index contributed by atoms with van der Waals surface area (Å²) in [6.07, 6.45) is 1.84. The van der Waals surface area contributed by atoms with Crippen molar-refractivity contribution in [3.63, 3.8) is 0 Å². The number of aryl methyl sites for hydroxylation is 2. The number of benzene rings is 1. The third-order valence-corrected chi connectivity index (χ3v) is 3.92. The second-order valence-corrected chi connectivity index (χ2v) is 5.33. The summed E-state index contributed by atoms with van der Waals surface area (Å²) in [7, 11) is 0. The lowest BCUT2D eigenvalue weighted by molar-refractivity contribution is 0.812. The zero-order valence-corrected chi connectivity index (χ0v) is 11.2. The lowest BCUT2D eigenvalue weighted by atomic mass is 10.2. The second-order valence-electron chi connectivity index (χ2n) is 3.86. The third kappa shape index (κ3) is 3.03. The molecule has 0 aliphatic carbocycles. The van der Waals surface area contributed by atoms with Gasteiger partial charge in [0.2, 0.25) is 0 Å². The molecule has 0 aliphatic heterocycles. The number of halogens is 1. The van der Waals surface area contributed by atoms with Crippen LogP contribution in [0.4, 0.5) is 0 Å². The summed E-state index contributed by atoms with van der Waals surface area (Å²) in [6, 6.07) is 5.96. The van der Waals surface area contributed by atoms with Gasteiger partial charge in [-0.25, -0.2) is 0 Å². The first kappa shape index (κ1) is 12.5. The van der Waals surface area contributed by atoms with Crippen LogP contribution in [0, 0.1) is 6.92 Å². The lowest BCUT2D eigenvalue weighted by Crippen LogP contribution is -1.99. The van der Waals surface area contributed by atoms with Crippen LogP contribution < -0.4 is 5.73 Å². The first-order valence-corrected chi connectivity index (χ1v) is 6.69. The molecule has 0 fully saturated rings. The van der Waals surface area contributed by atoms with Gasteiger partial charge in [-0.1, -0.05) is 35.1 Å². The number of hydrogen-bond acceptors (Lipinski definition) is 4. The maximum absolute atomic E-state index is 6.09. The van der Waals surface area contributed by atoms with E-state index < -0.39 is 0 Å². The smallest absolute Gasteiger partial charge is 0.147 e. The van der Waals surface area contributed by atoms with Crippen molar-refractivity contribution in [2.45, 2.75) is 19.8 Å². The van der Waals surface area contributed by atoms with E-state index in [1.807, 2.05) is 25.1 Å². The maximum Gasteiger partial charge on any atom is 0.147 e. The maximum atomic E-state index is 6.09. The molecule has 90 valence electrons. The molecule has 5 heteroatoms. The van der Waals surface area contributed by atoms with Crippen molar-refractivity contribution in [3.05, 3.63) is 33.8 Å². The van der Waals surface area contributed by atoms with Crippen molar-refractivity contribution in [1.82, 2.24) is 10.2 Å². The van der Waals surface area contributed by atoms with Crippen molar-refractivity contribution in [3.8, 4) is 10.6 Å². The average molecular weight is 268 g/mol. The SMILES string of the molecule is Cc1ccc(-c2nnc(CCCN)s2)cc1Cl. The normalized spacial score (nSPS) is 10.8. The summed E-state index contributed by atoms with van der Waals surface area (Å²) in [5.41, 5.74) is 7.57. The van der Waals surface area contributed by atoms with Crippen LogP contribution in [0.15, 0.2) is 18.2 Å². The largest absolute Gasteiger partial charge is 0.330 e. The van der Waals surface area contributed by atoms with E-state index in [4.69, 9.17) is 17.3 Å². The molecule has 1 heterocycles. The van der Waals surface area contributed by atoms with E-state index in [0.29, 0.717) is 6.54 Å². The van der Waals surface area contributed by atoms with Gasteiger partial charge >= 0.3 is 0 Å². The standard InChI is InChI=1S/C12H14ClN3S/c1-8-4-5-9(7-10(8)13)12-16-15-11(17-12)3-2-6-14/h4-5,7H,2-3,6,14H2,1H3. The Hall–Kier alpha value is -0.970. The Bertz CT molecular complexity index is 510. The average Bonchev–Trinajstić information content (AvgIpc) is 2.79. The molecule has 0 amide bonds. The van der Waals surface area contributed by atoms with Gasteiger partial charge in [0.05, 0.1) is 0 Å². The van der Waals surface area contributed by atoms with Crippen LogP contribution in [-0.2, 0) is 6.42 Å². The highest BCUT2D eigenvalue weighted by molar-refractivity contribution is 7.14. The highest BCUT2D eigenvalue weighted by Crippen LogP contribution is 2.27. The molecule has 17 heavy (non-hydrogen) atoms. The fourth-order valence-electron chi connectivity index (χ4n) is 1.45. The van der Waals surface area contributed by atoms with Crippen LogP contribution in [0.25, 0.3) is 10.6 Å². The van der Waals surface area contributed by atoms with E-state index in [2.05, 4.69) is 10.2 Å². The quantitative estimate of drug-likeness (QED) is 0.926. The predicted octanol–water partition coefficient (Wildman–Crippen LogP) is 3.06. The third-order valence-electron chi connectivity index (χ3n) is 2.48. The Morgan fingerprint density at radius 2 is 2.18 bits per heavy atom. The Labute approximate surface area is 110 Å². The van der Waals surface area contributed by atoms with E-state index >= 15 is 0 Å². The number of hydrogen-bond donors (Lipinski definition) is 1. The zero-order valence-electron chi connectivity index (χ0n) is 9.61. The molecule has 0 unspecified atom stereocenters. The van der Waals surface area contributed by atoms with Crippen LogP contribution in [0.2, 0.25) is 5.02 Å². The molecule has 1 aromatic carbocycles. The Kier molecular flexibility index (Phi) is 4.10. The van der Waals surface area contributed by atoms with Crippen molar-refractivity contribution < 1.29 is 0 Å². The van der Waals surface area contributed by atoms with Crippen molar-refractivity contribution in [1.29, 1.82) is 0 Å². The van der Waals surface area contributed by atoms with Gasteiger partial charge in [0.15, 0.2) is 0 Å². The fourth-order valence-corrected chi connectivity index (χ4v) is 2.51. The van der Waals surface area contributed by atoms with Gasteiger partial charge in [0.25, 0.3) is 0 Å².